The van der Waals surface area contributed by atoms with Gasteiger partial charge in [0.2, 0.25) is 5.91 Å². The van der Waals surface area contributed by atoms with Gasteiger partial charge in [0, 0.05) is 42.5 Å². The standard InChI is InChI=1S/C18H26N4OS/c1-13-14(2)20-21-17(13)7-8-18(23)19-15-5-3-9-22(11-15)12-16-6-4-10-24-16/h4,6,10,15H,3,5,7-9,11-12H2,1-2H3,(H,19,23)(H,20,21)/t15-/m0/s1. The van der Waals surface area contributed by atoms with Gasteiger partial charge < -0.3 is 5.32 Å². The molecule has 24 heavy (non-hydrogen) atoms. The van der Waals surface area contributed by atoms with E-state index >= 15 is 0 Å². The molecule has 1 saturated heterocycles. The molecule has 2 aromatic heterocycles. The van der Waals surface area contributed by atoms with Crippen LogP contribution < -0.4 is 5.32 Å². The number of aryl methyl sites for hydroxylation is 2. The molecule has 1 atom stereocenters. The third kappa shape index (κ3) is 4.45. The van der Waals surface area contributed by atoms with Crippen LogP contribution in [0, 0.1) is 13.8 Å². The molecular weight excluding hydrogens is 320 g/mol. The summed E-state index contributed by atoms with van der Waals surface area (Å²) in [4.78, 5) is 16.1. The lowest BCUT2D eigenvalue weighted by Gasteiger charge is -2.32. The summed E-state index contributed by atoms with van der Waals surface area (Å²) in [6, 6.07) is 4.55. The van der Waals surface area contributed by atoms with E-state index in [0.717, 1.165) is 43.9 Å². The number of aromatic nitrogens is 2. The molecule has 130 valence electrons. The molecule has 2 aromatic rings. The molecule has 0 aromatic carbocycles. The van der Waals surface area contributed by atoms with Crippen LogP contribution in [0.2, 0.25) is 0 Å². The minimum atomic E-state index is 0.137. The topological polar surface area (TPSA) is 61.0 Å². The Morgan fingerprint density at radius 2 is 2.38 bits per heavy atom. The van der Waals surface area contributed by atoms with Crippen molar-refractivity contribution in [1.82, 2.24) is 20.4 Å². The molecule has 0 spiro atoms. The SMILES string of the molecule is Cc1[nH]nc(CCC(=O)N[C@H]2CCCN(Cc3cccs3)C2)c1C. The molecule has 3 rings (SSSR count). The molecule has 3 heterocycles. The van der Waals surface area contributed by atoms with Gasteiger partial charge in [-0.15, -0.1) is 11.3 Å². The molecule has 1 fully saturated rings. The molecule has 1 amide bonds. The Balaban J connectivity index is 1.44. The molecule has 5 nitrogen and oxygen atoms in total. The summed E-state index contributed by atoms with van der Waals surface area (Å²) >= 11 is 1.80. The molecular formula is C18H26N4OS. The summed E-state index contributed by atoms with van der Waals surface area (Å²) in [5, 5.41) is 12.6. The van der Waals surface area contributed by atoms with Crippen LogP contribution in [0.15, 0.2) is 17.5 Å². The van der Waals surface area contributed by atoms with Gasteiger partial charge in [-0.1, -0.05) is 6.07 Å². The third-order valence-corrected chi connectivity index (χ3v) is 5.63. The number of hydrogen-bond donors (Lipinski definition) is 2. The minimum Gasteiger partial charge on any atom is -0.352 e. The average Bonchev–Trinajstić information content (AvgIpc) is 3.17. The Morgan fingerprint density at radius 1 is 1.50 bits per heavy atom. The summed E-state index contributed by atoms with van der Waals surface area (Å²) in [5.74, 6) is 0.137. The van der Waals surface area contributed by atoms with Crippen molar-refractivity contribution in [2.24, 2.45) is 0 Å². The first-order chi connectivity index (χ1) is 11.6. The van der Waals surface area contributed by atoms with Gasteiger partial charge >= 0.3 is 0 Å². The largest absolute Gasteiger partial charge is 0.352 e. The number of hydrogen-bond acceptors (Lipinski definition) is 4. The highest BCUT2D eigenvalue weighted by Gasteiger charge is 2.21. The number of nitrogens with zero attached hydrogens (tertiary/aromatic N) is 2. The summed E-state index contributed by atoms with van der Waals surface area (Å²) in [6.45, 7) is 7.13. The fraction of sp³-hybridized carbons (Fsp3) is 0.556. The van der Waals surface area contributed by atoms with E-state index in [2.05, 4.69) is 44.9 Å². The van der Waals surface area contributed by atoms with Crippen molar-refractivity contribution in [2.75, 3.05) is 13.1 Å². The van der Waals surface area contributed by atoms with Crippen molar-refractivity contribution in [1.29, 1.82) is 0 Å². The molecule has 0 bridgehead atoms. The smallest absolute Gasteiger partial charge is 0.220 e. The van der Waals surface area contributed by atoms with Crippen molar-refractivity contribution >= 4 is 17.2 Å². The minimum absolute atomic E-state index is 0.137. The Kier molecular flexibility index (Phi) is 5.68. The van der Waals surface area contributed by atoms with E-state index in [4.69, 9.17) is 0 Å². The highest BCUT2D eigenvalue weighted by atomic mass is 32.1. The van der Waals surface area contributed by atoms with Gasteiger partial charge in [0.05, 0.1) is 5.69 Å². The van der Waals surface area contributed by atoms with Crippen LogP contribution in [0.1, 0.15) is 41.1 Å². The molecule has 2 N–H and O–H groups in total. The van der Waals surface area contributed by atoms with Crippen LogP contribution >= 0.6 is 11.3 Å². The van der Waals surface area contributed by atoms with Crippen molar-refractivity contribution in [3.63, 3.8) is 0 Å². The first kappa shape index (κ1) is 17.2. The van der Waals surface area contributed by atoms with Gasteiger partial charge in [-0.3, -0.25) is 14.8 Å². The Labute approximate surface area is 147 Å². The van der Waals surface area contributed by atoms with Crippen molar-refractivity contribution in [3.05, 3.63) is 39.3 Å². The number of amides is 1. The van der Waals surface area contributed by atoms with E-state index in [9.17, 15) is 4.79 Å². The maximum Gasteiger partial charge on any atom is 0.220 e. The molecule has 1 aliphatic heterocycles. The van der Waals surface area contributed by atoms with E-state index < -0.39 is 0 Å². The predicted octanol–water partition coefficient (Wildman–Crippen LogP) is 2.80. The van der Waals surface area contributed by atoms with Crippen molar-refractivity contribution < 1.29 is 4.79 Å². The van der Waals surface area contributed by atoms with Gasteiger partial charge in [0.25, 0.3) is 0 Å². The zero-order chi connectivity index (χ0) is 16.9. The van der Waals surface area contributed by atoms with Crippen LogP contribution in [0.4, 0.5) is 0 Å². The lowest BCUT2D eigenvalue weighted by Crippen LogP contribution is -2.47. The van der Waals surface area contributed by atoms with Gasteiger partial charge in [-0.05, 0) is 50.2 Å². The quantitative estimate of drug-likeness (QED) is 0.845. The summed E-state index contributed by atoms with van der Waals surface area (Å²) in [6.07, 6.45) is 3.43. The maximum atomic E-state index is 12.3. The first-order valence-electron chi connectivity index (χ1n) is 8.66. The van der Waals surface area contributed by atoms with Crippen LogP contribution in [-0.2, 0) is 17.8 Å². The second kappa shape index (κ2) is 7.94. The van der Waals surface area contributed by atoms with Crippen molar-refractivity contribution in [2.45, 2.75) is 52.1 Å². The second-order valence-corrected chi connectivity index (χ2v) is 7.67. The zero-order valence-electron chi connectivity index (χ0n) is 14.5. The fourth-order valence-corrected chi connectivity index (χ4v) is 4.00. The van der Waals surface area contributed by atoms with Gasteiger partial charge in [0.1, 0.15) is 0 Å². The summed E-state index contributed by atoms with van der Waals surface area (Å²) in [7, 11) is 0. The molecule has 6 heteroatoms. The lowest BCUT2D eigenvalue weighted by molar-refractivity contribution is -0.122. The number of piperidine rings is 1. The summed E-state index contributed by atoms with van der Waals surface area (Å²) < 4.78 is 0. The molecule has 0 aliphatic carbocycles. The normalized spacial score (nSPS) is 18.7. The Morgan fingerprint density at radius 3 is 3.08 bits per heavy atom. The van der Waals surface area contributed by atoms with Crippen LogP contribution in [0.3, 0.4) is 0 Å². The fourth-order valence-electron chi connectivity index (χ4n) is 3.25. The summed E-state index contributed by atoms with van der Waals surface area (Å²) in [5.41, 5.74) is 3.26. The number of H-pyrrole nitrogens is 1. The first-order valence-corrected chi connectivity index (χ1v) is 9.54. The number of aromatic amines is 1. The molecule has 0 saturated carbocycles. The monoisotopic (exact) mass is 346 g/mol. The third-order valence-electron chi connectivity index (χ3n) is 4.77. The number of rotatable bonds is 6. The zero-order valence-corrected chi connectivity index (χ0v) is 15.3. The lowest BCUT2D eigenvalue weighted by atomic mass is 10.0. The van der Waals surface area contributed by atoms with Crippen molar-refractivity contribution in [3.8, 4) is 0 Å². The molecule has 1 aliphatic rings. The van der Waals surface area contributed by atoms with Gasteiger partial charge in [-0.25, -0.2) is 0 Å². The number of thiophene rings is 1. The highest BCUT2D eigenvalue weighted by molar-refractivity contribution is 7.09. The maximum absolute atomic E-state index is 12.3. The van der Waals surface area contributed by atoms with E-state index in [0.29, 0.717) is 12.8 Å². The number of likely N-dealkylation sites (tertiary alicyclic amines) is 1. The number of nitrogens with one attached hydrogen (secondary N) is 2. The average molecular weight is 347 g/mol. The Bertz CT molecular complexity index is 665. The van der Waals surface area contributed by atoms with E-state index in [-0.39, 0.29) is 11.9 Å². The van der Waals surface area contributed by atoms with Gasteiger partial charge in [0.15, 0.2) is 0 Å². The van der Waals surface area contributed by atoms with E-state index in [1.54, 1.807) is 11.3 Å². The predicted molar refractivity (Wildman–Crippen MR) is 97.1 cm³/mol. The number of carbonyl (C=O) groups is 1. The van der Waals surface area contributed by atoms with Crippen LogP contribution in [0.5, 0.6) is 0 Å². The molecule has 0 radical (unpaired) electrons. The van der Waals surface area contributed by atoms with Crippen LogP contribution in [-0.4, -0.2) is 40.1 Å². The number of carbonyl (C=O) groups excluding carboxylic acids is 1. The van der Waals surface area contributed by atoms with E-state index in [1.165, 1.54) is 10.4 Å². The highest BCUT2D eigenvalue weighted by Crippen LogP contribution is 2.17. The van der Waals surface area contributed by atoms with E-state index in [1.807, 2.05) is 6.92 Å². The second-order valence-electron chi connectivity index (χ2n) is 6.64. The molecule has 0 unspecified atom stereocenters. The Hall–Kier alpha value is -1.66. The van der Waals surface area contributed by atoms with Gasteiger partial charge in [-0.2, -0.15) is 5.10 Å². The van der Waals surface area contributed by atoms with Crippen LogP contribution in [0.25, 0.3) is 0 Å².